The Hall–Kier alpha value is -0.900. The number of carboxylic acid groups (broad SMARTS) is 1. The first-order valence-corrected chi connectivity index (χ1v) is 2.55. The number of aliphatic carboxylic acids is 1. The lowest BCUT2D eigenvalue weighted by Gasteiger charge is -1.94. The van der Waals surface area contributed by atoms with Crippen LogP contribution in [0.4, 0.5) is 0 Å². The van der Waals surface area contributed by atoms with Crippen LogP contribution in [0.5, 0.6) is 0 Å². The largest absolute Gasteiger partial charge is 0.481 e. The van der Waals surface area contributed by atoms with E-state index < -0.39 is 11.9 Å². The van der Waals surface area contributed by atoms with Crippen molar-refractivity contribution >= 4 is 11.8 Å². The van der Waals surface area contributed by atoms with Crippen molar-refractivity contribution in [1.29, 1.82) is 0 Å². The molecule has 50 valence electrons. The minimum atomic E-state index is -1.09. The van der Waals surface area contributed by atoms with Crippen molar-refractivity contribution in [3.63, 3.8) is 0 Å². The van der Waals surface area contributed by atoms with Crippen LogP contribution in [0, 0.1) is 5.92 Å². The topological polar surface area (TPSA) is 63.6 Å². The van der Waals surface area contributed by atoms with Gasteiger partial charge in [-0.2, -0.15) is 0 Å². The van der Waals surface area contributed by atoms with Crippen LogP contribution in [0.3, 0.4) is 0 Å². The minimum Gasteiger partial charge on any atom is -0.481 e. The van der Waals surface area contributed by atoms with Gasteiger partial charge in [0.1, 0.15) is 12.5 Å². The highest BCUT2D eigenvalue weighted by atomic mass is 16.5. The molecule has 1 heterocycles. The number of hydrogen-bond donors (Lipinski definition) is 1. The van der Waals surface area contributed by atoms with Crippen molar-refractivity contribution in [2.75, 3.05) is 13.2 Å². The van der Waals surface area contributed by atoms with Gasteiger partial charge in [0.05, 0.1) is 6.61 Å². The van der Waals surface area contributed by atoms with Crippen molar-refractivity contribution < 1.29 is 19.4 Å². The molecule has 4 heteroatoms. The van der Waals surface area contributed by atoms with Crippen molar-refractivity contribution in [3.8, 4) is 0 Å². The summed E-state index contributed by atoms with van der Waals surface area (Å²) in [5.74, 6) is -2.33. The van der Waals surface area contributed by atoms with Crippen molar-refractivity contribution in [2.24, 2.45) is 5.92 Å². The third-order valence-corrected chi connectivity index (χ3v) is 1.22. The Labute approximate surface area is 51.4 Å². The molecule has 1 rings (SSSR count). The molecule has 0 aromatic carbocycles. The Balaban J connectivity index is 2.60. The standard InChI is InChI=1S/C5H6O4/c6-4-2-9-1-3(4)5(7)8/h3H,1-2H2,(H,7,8)/t3-/m0/s1. The fourth-order valence-corrected chi connectivity index (χ4v) is 0.680. The van der Waals surface area contributed by atoms with Crippen LogP contribution in [-0.2, 0) is 14.3 Å². The molecular weight excluding hydrogens is 124 g/mol. The van der Waals surface area contributed by atoms with Gasteiger partial charge in [-0.25, -0.2) is 0 Å². The summed E-state index contributed by atoms with van der Waals surface area (Å²) in [7, 11) is 0. The second kappa shape index (κ2) is 2.14. The first-order valence-electron chi connectivity index (χ1n) is 2.55. The highest BCUT2D eigenvalue weighted by Crippen LogP contribution is 2.07. The van der Waals surface area contributed by atoms with Gasteiger partial charge in [-0.15, -0.1) is 0 Å². The van der Waals surface area contributed by atoms with E-state index in [1.165, 1.54) is 0 Å². The molecule has 0 radical (unpaired) electrons. The van der Waals surface area contributed by atoms with Gasteiger partial charge in [-0.3, -0.25) is 9.59 Å². The molecule has 0 unspecified atom stereocenters. The summed E-state index contributed by atoms with van der Waals surface area (Å²) in [5.41, 5.74) is 0. The Morgan fingerprint density at radius 2 is 2.44 bits per heavy atom. The van der Waals surface area contributed by atoms with E-state index in [9.17, 15) is 9.59 Å². The highest BCUT2D eigenvalue weighted by molar-refractivity contribution is 6.00. The molecule has 1 aliphatic rings. The number of Topliss-reactive ketones (excluding diaryl/α,β-unsaturated/α-hetero) is 1. The second-order valence-electron chi connectivity index (χ2n) is 1.87. The SMILES string of the molecule is O=C(O)[C@H]1COCC1=O. The summed E-state index contributed by atoms with van der Waals surface area (Å²) < 4.78 is 4.60. The maximum absolute atomic E-state index is 10.5. The second-order valence-corrected chi connectivity index (χ2v) is 1.87. The lowest BCUT2D eigenvalue weighted by atomic mass is 10.1. The maximum atomic E-state index is 10.5. The highest BCUT2D eigenvalue weighted by Gasteiger charge is 2.31. The summed E-state index contributed by atoms with van der Waals surface area (Å²) >= 11 is 0. The van der Waals surface area contributed by atoms with E-state index in [0.717, 1.165) is 0 Å². The number of ketones is 1. The fourth-order valence-electron chi connectivity index (χ4n) is 0.680. The lowest BCUT2D eigenvalue weighted by Crippen LogP contribution is -2.21. The molecule has 0 spiro atoms. The van der Waals surface area contributed by atoms with E-state index in [0.29, 0.717) is 0 Å². The van der Waals surface area contributed by atoms with Gasteiger partial charge in [0.15, 0.2) is 5.78 Å². The molecule has 1 fully saturated rings. The van der Waals surface area contributed by atoms with Gasteiger partial charge >= 0.3 is 5.97 Å². The monoisotopic (exact) mass is 130 g/mol. The molecule has 1 aliphatic heterocycles. The average Bonchev–Trinajstić information content (AvgIpc) is 2.13. The quantitative estimate of drug-likeness (QED) is 0.476. The summed E-state index contributed by atoms with van der Waals surface area (Å²) in [5, 5.41) is 8.28. The Kier molecular flexibility index (Phi) is 1.48. The van der Waals surface area contributed by atoms with Crippen molar-refractivity contribution in [2.45, 2.75) is 0 Å². The number of hydrogen-bond acceptors (Lipinski definition) is 3. The van der Waals surface area contributed by atoms with Gasteiger partial charge in [-0.05, 0) is 0 Å². The first-order chi connectivity index (χ1) is 4.22. The number of ether oxygens (including phenoxy) is 1. The third kappa shape index (κ3) is 1.08. The van der Waals surface area contributed by atoms with E-state index >= 15 is 0 Å². The molecule has 0 aromatic heterocycles. The normalized spacial score (nSPS) is 26.7. The Morgan fingerprint density at radius 1 is 1.78 bits per heavy atom. The lowest BCUT2D eigenvalue weighted by molar-refractivity contribution is -0.144. The van der Waals surface area contributed by atoms with E-state index in [1.54, 1.807) is 0 Å². The van der Waals surface area contributed by atoms with Gasteiger partial charge < -0.3 is 9.84 Å². The predicted molar refractivity (Wildman–Crippen MR) is 27.0 cm³/mol. The van der Waals surface area contributed by atoms with E-state index in [2.05, 4.69) is 4.74 Å². The zero-order valence-electron chi connectivity index (χ0n) is 4.66. The Bertz CT molecular complexity index is 151. The molecule has 4 nitrogen and oxygen atoms in total. The van der Waals surface area contributed by atoms with Gasteiger partial charge in [-0.1, -0.05) is 0 Å². The maximum Gasteiger partial charge on any atom is 0.316 e. The smallest absolute Gasteiger partial charge is 0.316 e. The summed E-state index contributed by atoms with van der Waals surface area (Å²) in [6.45, 7) is -0.00880. The first kappa shape index (κ1) is 6.22. The van der Waals surface area contributed by atoms with Crippen LogP contribution >= 0.6 is 0 Å². The van der Waals surface area contributed by atoms with Crippen LogP contribution in [-0.4, -0.2) is 30.1 Å². The number of carbonyl (C=O) groups excluding carboxylic acids is 1. The van der Waals surface area contributed by atoms with Crippen molar-refractivity contribution in [3.05, 3.63) is 0 Å². The third-order valence-electron chi connectivity index (χ3n) is 1.22. The van der Waals surface area contributed by atoms with Crippen LogP contribution in [0.25, 0.3) is 0 Å². The van der Waals surface area contributed by atoms with Crippen LogP contribution in [0.2, 0.25) is 0 Å². The molecule has 0 saturated carbocycles. The predicted octanol–water partition coefficient (Wildman–Crippen LogP) is -0.714. The molecule has 1 N–H and O–H groups in total. The summed E-state index contributed by atoms with van der Waals surface area (Å²) in [6.07, 6.45) is 0. The van der Waals surface area contributed by atoms with Crippen LogP contribution in [0.1, 0.15) is 0 Å². The number of rotatable bonds is 1. The average molecular weight is 130 g/mol. The molecule has 0 amide bonds. The molecule has 9 heavy (non-hydrogen) atoms. The molecule has 0 aliphatic carbocycles. The van der Waals surface area contributed by atoms with Gasteiger partial charge in [0, 0.05) is 0 Å². The number of carboxylic acids is 1. The van der Waals surface area contributed by atoms with E-state index in [1.807, 2.05) is 0 Å². The van der Waals surface area contributed by atoms with Gasteiger partial charge in [0.2, 0.25) is 0 Å². The minimum absolute atomic E-state index is 0.0359. The fraction of sp³-hybridized carbons (Fsp3) is 0.600. The number of carbonyl (C=O) groups is 2. The molecule has 1 saturated heterocycles. The molecule has 1 atom stereocenters. The van der Waals surface area contributed by atoms with Gasteiger partial charge in [0.25, 0.3) is 0 Å². The molecule has 0 aromatic rings. The van der Waals surface area contributed by atoms with E-state index in [-0.39, 0.29) is 19.0 Å². The molecular formula is C5H6O4. The van der Waals surface area contributed by atoms with E-state index in [4.69, 9.17) is 5.11 Å². The summed E-state index contributed by atoms with van der Waals surface area (Å²) in [4.78, 5) is 20.6. The zero-order chi connectivity index (χ0) is 6.85. The van der Waals surface area contributed by atoms with Crippen LogP contribution in [0.15, 0.2) is 0 Å². The molecule has 0 bridgehead atoms. The Morgan fingerprint density at radius 3 is 2.67 bits per heavy atom. The zero-order valence-corrected chi connectivity index (χ0v) is 4.66. The van der Waals surface area contributed by atoms with Crippen molar-refractivity contribution in [1.82, 2.24) is 0 Å². The summed E-state index contributed by atoms with van der Waals surface area (Å²) in [6, 6.07) is 0. The van der Waals surface area contributed by atoms with Crippen LogP contribution < -0.4 is 0 Å².